The van der Waals surface area contributed by atoms with Gasteiger partial charge in [-0.25, -0.2) is 0 Å². The highest BCUT2D eigenvalue weighted by atomic mass is 16.6. The van der Waals surface area contributed by atoms with Gasteiger partial charge in [-0.1, -0.05) is 54.1 Å². The maximum Gasteiger partial charge on any atom is 0.295 e. The summed E-state index contributed by atoms with van der Waals surface area (Å²) in [5, 5.41) is 0. The maximum atomic E-state index is 13.0. The van der Waals surface area contributed by atoms with E-state index in [2.05, 4.69) is 23.2 Å². The third-order valence-electron chi connectivity index (χ3n) is 6.52. The Kier molecular flexibility index (Phi) is 6.57. The number of ketones is 1. The van der Waals surface area contributed by atoms with Gasteiger partial charge in [0.15, 0.2) is 6.26 Å². The van der Waals surface area contributed by atoms with Crippen LogP contribution in [-0.4, -0.2) is 52.7 Å². The number of aromatic amines is 1. The van der Waals surface area contributed by atoms with Gasteiger partial charge in [0, 0.05) is 49.6 Å². The van der Waals surface area contributed by atoms with Gasteiger partial charge in [0.2, 0.25) is 5.88 Å². The number of nitrogens with zero attached hydrogens (tertiary/aromatic N) is 2. The number of amides is 1. The minimum Gasteiger partial charge on any atom is -0.464 e. The molecular weight excluding hydrogens is 442 g/mol. The van der Waals surface area contributed by atoms with Gasteiger partial charge in [-0.15, -0.1) is 0 Å². The molecule has 1 aromatic carbocycles. The molecule has 0 radical (unpaired) electrons. The van der Waals surface area contributed by atoms with E-state index in [4.69, 9.17) is 9.47 Å². The van der Waals surface area contributed by atoms with E-state index in [9.17, 15) is 9.59 Å². The molecule has 35 heavy (non-hydrogen) atoms. The molecule has 180 valence electrons. The predicted octanol–water partition coefficient (Wildman–Crippen LogP) is 4.67. The van der Waals surface area contributed by atoms with Crippen LogP contribution in [0.25, 0.3) is 11.3 Å². The quantitative estimate of drug-likeness (QED) is 0.490. The summed E-state index contributed by atoms with van der Waals surface area (Å²) in [5.74, 6) is 0.460. The van der Waals surface area contributed by atoms with Gasteiger partial charge in [0.1, 0.15) is 12.0 Å². The van der Waals surface area contributed by atoms with E-state index >= 15 is 0 Å². The minimum atomic E-state index is -0.481. The molecule has 1 saturated heterocycles. The number of hydrogen-bond acceptors (Lipinski definition) is 5. The summed E-state index contributed by atoms with van der Waals surface area (Å²) in [6, 6.07) is 11.5. The number of hydrogen-bond donors (Lipinski definition) is 1. The minimum absolute atomic E-state index is 0.421. The molecular formula is C28H29N3O4. The van der Waals surface area contributed by atoms with Crippen LogP contribution < -0.4 is 0 Å². The lowest BCUT2D eigenvalue weighted by atomic mass is 10.0. The summed E-state index contributed by atoms with van der Waals surface area (Å²) in [5.41, 5.74) is 4.23. The molecule has 3 aliphatic rings. The molecule has 1 amide bonds. The number of allylic oxidation sites excluding steroid dienone is 4. The van der Waals surface area contributed by atoms with E-state index in [-0.39, 0.29) is 0 Å². The fourth-order valence-electron chi connectivity index (χ4n) is 4.55. The molecule has 7 nitrogen and oxygen atoms in total. The topological polar surface area (TPSA) is 74.9 Å². The highest BCUT2D eigenvalue weighted by molar-refractivity contribution is 6.43. The molecule has 0 spiro atoms. The van der Waals surface area contributed by atoms with Crippen molar-refractivity contribution >= 4 is 11.7 Å². The number of carbonyl (C=O) groups is 2. The van der Waals surface area contributed by atoms with Crippen molar-refractivity contribution in [2.45, 2.75) is 26.2 Å². The van der Waals surface area contributed by atoms with Gasteiger partial charge in [0.25, 0.3) is 11.7 Å². The number of Topliss-reactive ketones (excluding diaryl/α,β-unsaturated/α-hetero) is 1. The van der Waals surface area contributed by atoms with E-state index in [1.807, 2.05) is 42.2 Å². The van der Waals surface area contributed by atoms with Gasteiger partial charge >= 0.3 is 0 Å². The Morgan fingerprint density at radius 2 is 1.86 bits per heavy atom. The Balaban J connectivity index is 1.17. The molecule has 1 fully saturated rings. The van der Waals surface area contributed by atoms with Crippen LogP contribution in [-0.2, 0) is 14.3 Å². The van der Waals surface area contributed by atoms with Crippen LogP contribution in [0.2, 0.25) is 0 Å². The zero-order valence-corrected chi connectivity index (χ0v) is 19.8. The van der Waals surface area contributed by atoms with E-state index in [1.54, 1.807) is 23.5 Å². The molecule has 1 aliphatic carbocycles. The van der Waals surface area contributed by atoms with E-state index in [0.29, 0.717) is 43.3 Å². The van der Waals surface area contributed by atoms with Crippen molar-refractivity contribution in [3.63, 3.8) is 0 Å². The van der Waals surface area contributed by atoms with Gasteiger partial charge in [-0.2, -0.15) is 0 Å². The number of nitrogens with one attached hydrogen (secondary N) is 1. The Morgan fingerprint density at radius 3 is 2.60 bits per heavy atom. The summed E-state index contributed by atoms with van der Waals surface area (Å²) in [6.07, 6.45) is 12.4. The zero-order valence-electron chi connectivity index (χ0n) is 19.8. The lowest BCUT2D eigenvalue weighted by Crippen LogP contribution is -2.50. The van der Waals surface area contributed by atoms with Crippen molar-refractivity contribution in [3.8, 4) is 11.3 Å². The van der Waals surface area contributed by atoms with Crippen molar-refractivity contribution in [1.29, 1.82) is 0 Å². The van der Waals surface area contributed by atoms with Crippen LogP contribution in [0.3, 0.4) is 0 Å². The average molecular weight is 472 g/mol. The first kappa shape index (κ1) is 22.8. The largest absolute Gasteiger partial charge is 0.464 e. The Morgan fingerprint density at radius 1 is 1.06 bits per heavy atom. The highest BCUT2D eigenvalue weighted by Crippen LogP contribution is 2.27. The van der Waals surface area contributed by atoms with Gasteiger partial charge in [-0.05, 0) is 31.4 Å². The monoisotopic (exact) mass is 471 g/mol. The van der Waals surface area contributed by atoms with E-state index < -0.39 is 11.7 Å². The Bertz CT molecular complexity index is 1230. The molecule has 2 aromatic rings. The molecule has 0 bridgehead atoms. The van der Waals surface area contributed by atoms with E-state index in [0.717, 1.165) is 36.3 Å². The van der Waals surface area contributed by atoms with Crippen LogP contribution >= 0.6 is 0 Å². The second-order valence-electron chi connectivity index (χ2n) is 8.94. The lowest BCUT2D eigenvalue weighted by molar-refractivity contribution is -0.128. The van der Waals surface area contributed by atoms with Crippen molar-refractivity contribution in [2.24, 2.45) is 0 Å². The molecule has 1 aromatic heterocycles. The molecule has 5 rings (SSSR count). The number of carbonyl (C=O) groups excluding carboxylic acids is 2. The highest BCUT2D eigenvalue weighted by Gasteiger charge is 2.30. The average Bonchev–Trinajstić information content (AvgIpc) is 3.31. The molecule has 1 N–H and O–H groups in total. The summed E-state index contributed by atoms with van der Waals surface area (Å²) in [6.45, 7) is 3.83. The first-order valence-corrected chi connectivity index (χ1v) is 12.0. The van der Waals surface area contributed by atoms with Crippen molar-refractivity contribution in [3.05, 3.63) is 95.6 Å². The number of rotatable bonds is 6. The fourth-order valence-corrected chi connectivity index (χ4v) is 4.55. The molecule has 0 unspecified atom stereocenters. The summed E-state index contributed by atoms with van der Waals surface area (Å²) >= 11 is 0. The standard InChI is InChI=1S/C28H29N3O4/c1-20-24(17-25(29-20)22-10-6-3-7-11-22)27(32)28(33)31-14-12-30(13-15-31)26-19-34-18-23(35-26)16-21-8-4-2-5-9-21/h2-4,6-8,10-11,17-19,29H,5,9,12-16H2,1H3. The predicted molar refractivity (Wildman–Crippen MR) is 133 cm³/mol. The van der Waals surface area contributed by atoms with Crippen molar-refractivity contribution < 1.29 is 19.1 Å². The summed E-state index contributed by atoms with van der Waals surface area (Å²) < 4.78 is 11.6. The van der Waals surface area contributed by atoms with Crippen LogP contribution in [0, 0.1) is 6.92 Å². The SMILES string of the molecule is Cc1[nH]c(-c2ccccc2)cc1C(=O)C(=O)N1CCN(C2=COC=C(CC3=CC=CCC3)O2)CC1. The van der Waals surface area contributed by atoms with Gasteiger partial charge in [-0.3, -0.25) is 9.59 Å². The summed E-state index contributed by atoms with van der Waals surface area (Å²) in [4.78, 5) is 32.9. The first-order valence-electron chi connectivity index (χ1n) is 12.0. The molecule has 3 heterocycles. The smallest absolute Gasteiger partial charge is 0.295 e. The number of H-pyrrole nitrogens is 1. The normalized spacial score (nSPS) is 17.7. The summed E-state index contributed by atoms with van der Waals surface area (Å²) in [7, 11) is 0. The first-order chi connectivity index (χ1) is 17.1. The Labute approximate surface area is 205 Å². The van der Waals surface area contributed by atoms with Crippen LogP contribution in [0.4, 0.5) is 0 Å². The van der Waals surface area contributed by atoms with E-state index in [1.165, 1.54) is 5.57 Å². The van der Waals surface area contributed by atoms with Crippen molar-refractivity contribution in [1.82, 2.24) is 14.8 Å². The van der Waals surface area contributed by atoms with Gasteiger partial charge in [0.05, 0.1) is 0 Å². The van der Waals surface area contributed by atoms with Gasteiger partial charge < -0.3 is 24.3 Å². The molecule has 0 saturated carbocycles. The number of aromatic nitrogens is 1. The third kappa shape index (κ3) is 5.09. The second kappa shape index (κ2) is 10.1. The fraction of sp³-hybridized carbons (Fsp3) is 0.286. The number of piperazine rings is 1. The molecule has 2 aliphatic heterocycles. The molecule has 0 atom stereocenters. The van der Waals surface area contributed by atoms with Crippen LogP contribution in [0.15, 0.2) is 84.4 Å². The third-order valence-corrected chi connectivity index (χ3v) is 6.52. The zero-order chi connectivity index (χ0) is 24.2. The Hall–Kier alpha value is -4.00. The van der Waals surface area contributed by atoms with Crippen molar-refractivity contribution in [2.75, 3.05) is 26.2 Å². The lowest BCUT2D eigenvalue weighted by Gasteiger charge is -2.36. The van der Waals surface area contributed by atoms with Crippen LogP contribution in [0.1, 0.15) is 35.3 Å². The number of benzene rings is 1. The molecule has 7 heteroatoms. The van der Waals surface area contributed by atoms with Crippen LogP contribution in [0.5, 0.6) is 0 Å². The maximum absolute atomic E-state index is 13.0. The second-order valence-corrected chi connectivity index (χ2v) is 8.94. The number of aryl methyl sites for hydroxylation is 1. The number of ether oxygens (including phenoxy) is 2.